The SMILES string of the molecule is COc1cc2nc(NCC(C)(O)c3ccsc3)nc(N)c2cc1OC. The molecule has 0 saturated heterocycles. The molecule has 0 saturated carbocycles. The zero-order chi connectivity index (χ0) is 18.0. The van der Waals surface area contributed by atoms with Gasteiger partial charge in [0.2, 0.25) is 5.95 Å². The lowest BCUT2D eigenvalue weighted by Crippen LogP contribution is -2.30. The van der Waals surface area contributed by atoms with Gasteiger partial charge < -0.3 is 25.6 Å². The molecular weight excluding hydrogens is 340 g/mol. The van der Waals surface area contributed by atoms with Crippen LogP contribution in [0.3, 0.4) is 0 Å². The van der Waals surface area contributed by atoms with E-state index in [2.05, 4.69) is 15.3 Å². The van der Waals surface area contributed by atoms with Crippen molar-refractivity contribution in [1.29, 1.82) is 0 Å². The van der Waals surface area contributed by atoms with Crippen LogP contribution in [0.5, 0.6) is 11.5 Å². The highest BCUT2D eigenvalue weighted by atomic mass is 32.1. The Morgan fingerprint density at radius 1 is 1.24 bits per heavy atom. The Morgan fingerprint density at radius 3 is 2.60 bits per heavy atom. The number of aromatic nitrogens is 2. The molecule has 0 fully saturated rings. The highest BCUT2D eigenvalue weighted by Gasteiger charge is 2.24. The minimum Gasteiger partial charge on any atom is -0.493 e. The summed E-state index contributed by atoms with van der Waals surface area (Å²) in [4.78, 5) is 8.73. The van der Waals surface area contributed by atoms with Crippen molar-refractivity contribution in [2.24, 2.45) is 0 Å². The number of nitrogens with one attached hydrogen (secondary N) is 1. The molecule has 0 spiro atoms. The number of thiophene rings is 1. The number of aliphatic hydroxyl groups is 1. The van der Waals surface area contributed by atoms with E-state index in [4.69, 9.17) is 15.2 Å². The molecule has 1 unspecified atom stereocenters. The lowest BCUT2D eigenvalue weighted by atomic mass is 9.99. The molecule has 0 amide bonds. The highest BCUT2D eigenvalue weighted by Crippen LogP contribution is 2.33. The van der Waals surface area contributed by atoms with Crippen molar-refractivity contribution in [3.05, 3.63) is 34.5 Å². The summed E-state index contributed by atoms with van der Waals surface area (Å²) in [5.74, 6) is 1.78. The van der Waals surface area contributed by atoms with E-state index in [1.165, 1.54) is 11.3 Å². The van der Waals surface area contributed by atoms with Crippen LogP contribution in [0.2, 0.25) is 0 Å². The van der Waals surface area contributed by atoms with Crippen LogP contribution < -0.4 is 20.5 Å². The van der Waals surface area contributed by atoms with E-state index >= 15 is 0 Å². The monoisotopic (exact) mass is 360 g/mol. The number of anilines is 2. The summed E-state index contributed by atoms with van der Waals surface area (Å²) in [6.45, 7) is 1.99. The Kier molecular flexibility index (Phi) is 4.65. The zero-order valence-electron chi connectivity index (χ0n) is 14.2. The Balaban J connectivity index is 1.90. The smallest absolute Gasteiger partial charge is 0.225 e. The van der Waals surface area contributed by atoms with Gasteiger partial charge in [0, 0.05) is 11.5 Å². The summed E-state index contributed by atoms with van der Waals surface area (Å²) < 4.78 is 10.6. The van der Waals surface area contributed by atoms with E-state index in [0.29, 0.717) is 34.2 Å². The van der Waals surface area contributed by atoms with E-state index in [-0.39, 0.29) is 6.54 Å². The maximum atomic E-state index is 10.6. The largest absolute Gasteiger partial charge is 0.493 e. The number of hydrogen-bond donors (Lipinski definition) is 3. The van der Waals surface area contributed by atoms with Crippen LogP contribution in [0.4, 0.5) is 11.8 Å². The molecule has 25 heavy (non-hydrogen) atoms. The molecule has 1 aromatic carbocycles. The predicted octanol–water partition coefficient (Wildman–Crippen LogP) is 2.61. The van der Waals surface area contributed by atoms with Crippen LogP contribution in [0.25, 0.3) is 10.9 Å². The minimum atomic E-state index is -1.04. The molecule has 4 N–H and O–H groups in total. The first-order chi connectivity index (χ1) is 11.9. The average Bonchev–Trinajstić information content (AvgIpc) is 3.14. The van der Waals surface area contributed by atoms with Gasteiger partial charge in [0.15, 0.2) is 11.5 Å². The molecule has 0 bridgehead atoms. The molecule has 2 aromatic heterocycles. The second kappa shape index (κ2) is 6.73. The van der Waals surface area contributed by atoms with Gasteiger partial charge in [0.25, 0.3) is 0 Å². The number of fused-ring (bicyclic) bond motifs is 1. The molecule has 0 aliphatic carbocycles. The summed E-state index contributed by atoms with van der Waals surface area (Å²) >= 11 is 1.54. The second-order valence-corrected chi connectivity index (χ2v) is 6.58. The molecule has 3 aromatic rings. The maximum Gasteiger partial charge on any atom is 0.225 e. The molecule has 8 heteroatoms. The van der Waals surface area contributed by atoms with E-state index in [1.807, 2.05) is 16.8 Å². The van der Waals surface area contributed by atoms with Crippen molar-refractivity contribution < 1.29 is 14.6 Å². The van der Waals surface area contributed by atoms with Crippen molar-refractivity contribution in [1.82, 2.24) is 9.97 Å². The van der Waals surface area contributed by atoms with E-state index in [9.17, 15) is 5.11 Å². The molecule has 3 rings (SSSR count). The normalized spacial score (nSPS) is 13.4. The predicted molar refractivity (Wildman–Crippen MR) is 99.4 cm³/mol. The molecule has 0 aliphatic rings. The number of nitrogen functional groups attached to an aromatic ring is 1. The summed E-state index contributed by atoms with van der Waals surface area (Å²) in [6.07, 6.45) is 0. The first-order valence-electron chi connectivity index (χ1n) is 7.63. The molecule has 0 aliphatic heterocycles. The lowest BCUT2D eigenvalue weighted by Gasteiger charge is -2.23. The van der Waals surface area contributed by atoms with Gasteiger partial charge in [-0.1, -0.05) is 0 Å². The van der Waals surface area contributed by atoms with Crippen LogP contribution in [0.15, 0.2) is 29.0 Å². The van der Waals surface area contributed by atoms with Crippen LogP contribution in [-0.2, 0) is 5.60 Å². The summed E-state index contributed by atoms with van der Waals surface area (Å²) in [6, 6.07) is 5.38. The number of nitrogens with zero attached hydrogens (tertiary/aromatic N) is 2. The summed E-state index contributed by atoms with van der Waals surface area (Å²) in [5.41, 5.74) is 6.49. The number of nitrogens with two attached hydrogens (primary N) is 1. The maximum absolute atomic E-state index is 10.6. The molecule has 0 radical (unpaired) electrons. The van der Waals surface area contributed by atoms with Crippen molar-refractivity contribution in [3.8, 4) is 11.5 Å². The van der Waals surface area contributed by atoms with Gasteiger partial charge in [0.1, 0.15) is 11.4 Å². The first kappa shape index (κ1) is 17.2. The van der Waals surface area contributed by atoms with Crippen molar-refractivity contribution in [2.45, 2.75) is 12.5 Å². The topological polar surface area (TPSA) is 103 Å². The molecule has 132 valence electrons. The van der Waals surface area contributed by atoms with Gasteiger partial charge >= 0.3 is 0 Å². The highest BCUT2D eigenvalue weighted by molar-refractivity contribution is 7.08. The van der Waals surface area contributed by atoms with E-state index in [0.717, 1.165) is 5.56 Å². The third kappa shape index (κ3) is 3.45. The average molecular weight is 360 g/mol. The van der Waals surface area contributed by atoms with Crippen molar-refractivity contribution in [2.75, 3.05) is 31.8 Å². The standard InChI is InChI=1S/C17H20N4O3S/c1-17(22,10-4-5-25-8-10)9-19-16-20-12-7-14(24-3)13(23-2)6-11(12)15(18)21-16/h4-8,22H,9H2,1-3H3,(H3,18,19,20,21). The molecule has 7 nitrogen and oxygen atoms in total. The van der Waals surface area contributed by atoms with Gasteiger partial charge in [-0.2, -0.15) is 16.3 Å². The number of rotatable bonds is 6. The number of benzene rings is 1. The van der Waals surface area contributed by atoms with E-state index < -0.39 is 5.60 Å². The fourth-order valence-corrected chi connectivity index (χ4v) is 3.27. The summed E-state index contributed by atoms with van der Waals surface area (Å²) in [7, 11) is 3.12. The van der Waals surface area contributed by atoms with Gasteiger partial charge in [0.05, 0.1) is 26.3 Å². The van der Waals surface area contributed by atoms with Gasteiger partial charge in [-0.15, -0.1) is 0 Å². The zero-order valence-corrected chi connectivity index (χ0v) is 15.1. The minimum absolute atomic E-state index is 0.252. The molecular formula is C17H20N4O3S. The quantitative estimate of drug-likeness (QED) is 0.621. The van der Waals surface area contributed by atoms with Crippen molar-refractivity contribution in [3.63, 3.8) is 0 Å². The fourth-order valence-electron chi connectivity index (χ4n) is 2.48. The lowest BCUT2D eigenvalue weighted by molar-refractivity contribution is 0.0718. The van der Waals surface area contributed by atoms with Gasteiger partial charge in [-0.3, -0.25) is 0 Å². The third-order valence-corrected chi connectivity index (χ3v) is 4.65. The van der Waals surface area contributed by atoms with Crippen LogP contribution in [-0.4, -0.2) is 35.8 Å². The Labute approximate surface area is 149 Å². The third-order valence-electron chi connectivity index (χ3n) is 3.96. The second-order valence-electron chi connectivity index (χ2n) is 5.80. The van der Waals surface area contributed by atoms with Crippen LogP contribution in [0, 0.1) is 0 Å². The van der Waals surface area contributed by atoms with Gasteiger partial charge in [-0.05, 0) is 35.4 Å². The van der Waals surface area contributed by atoms with E-state index in [1.54, 1.807) is 33.3 Å². The Hall–Kier alpha value is -2.58. The van der Waals surface area contributed by atoms with Crippen LogP contribution >= 0.6 is 11.3 Å². The Morgan fingerprint density at radius 2 is 1.96 bits per heavy atom. The molecule has 1 atom stereocenters. The summed E-state index contributed by atoms with van der Waals surface area (Å²) in [5, 5.41) is 18.2. The van der Waals surface area contributed by atoms with Crippen LogP contribution in [0.1, 0.15) is 12.5 Å². The molecule has 2 heterocycles. The van der Waals surface area contributed by atoms with Crippen molar-refractivity contribution >= 4 is 34.0 Å². The number of hydrogen-bond acceptors (Lipinski definition) is 8. The first-order valence-corrected chi connectivity index (χ1v) is 8.57. The van der Waals surface area contributed by atoms with Gasteiger partial charge in [-0.25, -0.2) is 4.98 Å². The number of methoxy groups -OCH3 is 2. The Bertz CT molecular complexity index is 881. The number of ether oxygens (including phenoxy) is 2. The fraction of sp³-hybridized carbons (Fsp3) is 0.294.